The Kier molecular flexibility index (Phi) is 4.23. The van der Waals surface area contributed by atoms with Crippen molar-refractivity contribution in [2.45, 2.75) is 0 Å². The maximum atomic E-state index is 9.79. The zero-order chi connectivity index (χ0) is 12.1. The topological polar surface area (TPSA) is 35.9 Å². The molecule has 1 saturated heterocycles. The number of aromatic hydroxyl groups is 1. The number of anilines is 1. The predicted octanol–water partition coefficient (Wildman–Crippen LogP) is 1.16. The van der Waals surface area contributed by atoms with E-state index in [9.17, 15) is 5.11 Å². The molecule has 0 amide bonds. The Balaban J connectivity index is 1.89. The average molecular weight is 236 g/mol. The van der Waals surface area contributed by atoms with E-state index >= 15 is 0 Å². The summed E-state index contributed by atoms with van der Waals surface area (Å²) in [6.07, 6.45) is 0. The lowest BCUT2D eigenvalue weighted by Gasteiger charge is -2.36. The summed E-state index contributed by atoms with van der Waals surface area (Å²) in [6, 6.07) is 7.53. The molecule has 1 heterocycles. The molecular weight excluding hydrogens is 216 g/mol. The fourth-order valence-corrected chi connectivity index (χ4v) is 2.16. The fraction of sp³-hybridized carbons (Fsp3) is 0.538. The maximum Gasteiger partial charge on any atom is 0.138 e. The van der Waals surface area contributed by atoms with Crippen LogP contribution in [0.5, 0.6) is 5.75 Å². The molecule has 0 unspecified atom stereocenters. The van der Waals surface area contributed by atoms with E-state index in [1.165, 1.54) is 0 Å². The SMILES string of the molecule is COCCN1CCN(c2ccccc2O)CC1. The molecule has 2 rings (SSSR count). The van der Waals surface area contributed by atoms with Gasteiger partial charge in [0.25, 0.3) is 0 Å². The first-order chi connectivity index (χ1) is 8.31. The van der Waals surface area contributed by atoms with Crippen LogP contribution in [-0.2, 0) is 4.74 Å². The number of para-hydroxylation sites is 2. The first-order valence-electron chi connectivity index (χ1n) is 6.05. The standard InChI is InChI=1S/C13H20N2O2/c1-17-11-10-14-6-8-15(9-7-14)12-4-2-3-5-13(12)16/h2-5,16H,6-11H2,1H3. The van der Waals surface area contributed by atoms with Gasteiger partial charge in [-0.05, 0) is 12.1 Å². The highest BCUT2D eigenvalue weighted by Crippen LogP contribution is 2.26. The zero-order valence-corrected chi connectivity index (χ0v) is 10.3. The normalized spacial score (nSPS) is 17.4. The largest absolute Gasteiger partial charge is 0.506 e. The molecule has 0 radical (unpaired) electrons. The first kappa shape index (κ1) is 12.2. The van der Waals surface area contributed by atoms with Gasteiger partial charge >= 0.3 is 0 Å². The van der Waals surface area contributed by atoms with E-state index in [2.05, 4.69) is 9.80 Å². The van der Waals surface area contributed by atoms with E-state index < -0.39 is 0 Å². The van der Waals surface area contributed by atoms with Crippen molar-refractivity contribution in [1.29, 1.82) is 0 Å². The number of rotatable bonds is 4. The monoisotopic (exact) mass is 236 g/mol. The van der Waals surface area contributed by atoms with Crippen LogP contribution in [0.4, 0.5) is 5.69 Å². The molecule has 0 bridgehead atoms. The number of hydrogen-bond acceptors (Lipinski definition) is 4. The first-order valence-corrected chi connectivity index (χ1v) is 6.05. The molecule has 0 atom stereocenters. The Labute approximate surface area is 102 Å². The van der Waals surface area contributed by atoms with Crippen molar-refractivity contribution in [3.8, 4) is 5.75 Å². The van der Waals surface area contributed by atoms with Crippen molar-refractivity contribution in [2.75, 3.05) is 51.3 Å². The van der Waals surface area contributed by atoms with Crippen LogP contribution < -0.4 is 4.90 Å². The number of benzene rings is 1. The van der Waals surface area contributed by atoms with Gasteiger partial charge in [0.2, 0.25) is 0 Å². The van der Waals surface area contributed by atoms with Crippen LogP contribution in [-0.4, -0.2) is 56.4 Å². The van der Waals surface area contributed by atoms with Crippen molar-refractivity contribution >= 4 is 5.69 Å². The van der Waals surface area contributed by atoms with Crippen LogP contribution in [0.1, 0.15) is 0 Å². The average Bonchev–Trinajstić information content (AvgIpc) is 2.38. The van der Waals surface area contributed by atoms with Crippen LogP contribution >= 0.6 is 0 Å². The lowest BCUT2D eigenvalue weighted by molar-refractivity contribution is 0.144. The van der Waals surface area contributed by atoms with Crippen LogP contribution in [0.25, 0.3) is 0 Å². The van der Waals surface area contributed by atoms with Crippen LogP contribution in [0.15, 0.2) is 24.3 Å². The molecule has 17 heavy (non-hydrogen) atoms. The summed E-state index contributed by atoms with van der Waals surface area (Å²) in [4.78, 5) is 4.62. The quantitative estimate of drug-likeness (QED) is 0.851. The third-order valence-electron chi connectivity index (χ3n) is 3.21. The van der Waals surface area contributed by atoms with Crippen molar-refractivity contribution in [1.82, 2.24) is 4.90 Å². The molecule has 4 heteroatoms. The van der Waals surface area contributed by atoms with Crippen LogP contribution in [0.3, 0.4) is 0 Å². The van der Waals surface area contributed by atoms with Gasteiger partial charge in [-0.25, -0.2) is 0 Å². The highest BCUT2D eigenvalue weighted by molar-refractivity contribution is 5.57. The van der Waals surface area contributed by atoms with Gasteiger partial charge < -0.3 is 14.7 Å². The number of piperazine rings is 1. The van der Waals surface area contributed by atoms with Crippen molar-refractivity contribution in [2.24, 2.45) is 0 Å². The van der Waals surface area contributed by atoms with Gasteiger partial charge in [-0.15, -0.1) is 0 Å². The maximum absolute atomic E-state index is 9.79. The molecule has 1 aliphatic rings. The number of nitrogens with zero attached hydrogens (tertiary/aromatic N) is 2. The number of phenols is 1. The molecule has 0 aromatic heterocycles. The Bertz CT molecular complexity index is 349. The lowest BCUT2D eigenvalue weighted by atomic mass is 10.2. The smallest absolute Gasteiger partial charge is 0.138 e. The second kappa shape index (κ2) is 5.89. The highest BCUT2D eigenvalue weighted by atomic mass is 16.5. The molecule has 1 aromatic carbocycles. The summed E-state index contributed by atoms with van der Waals surface area (Å²) in [5.41, 5.74) is 0.943. The van der Waals surface area contributed by atoms with Gasteiger partial charge in [-0.1, -0.05) is 12.1 Å². The van der Waals surface area contributed by atoms with E-state index in [0.717, 1.165) is 45.0 Å². The fourth-order valence-electron chi connectivity index (χ4n) is 2.16. The molecule has 0 aliphatic carbocycles. The minimum Gasteiger partial charge on any atom is -0.506 e. The molecule has 1 N–H and O–H groups in total. The molecule has 1 fully saturated rings. The number of methoxy groups -OCH3 is 1. The second-order valence-electron chi connectivity index (χ2n) is 4.31. The van der Waals surface area contributed by atoms with Crippen LogP contribution in [0, 0.1) is 0 Å². The van der Waals surface area contributed by atoms with Gasteiger partial charge in [-0.2, -0.15) is 0 Å². The van der Waals surface area contributed by atoms with E-state index in [1.54, 1.807) is 13.2 Å². The molecule has 94 valence electrons. The minimum atomic E-state index is 0.373. The Morgan fingerprint density at radius 2 is 1.88 bits per heavy atom. The lowest BCUT2D eigenvalue weighted by Crippen LogP contribution is -2.47. The molecule has 0 spiro atoms. The summed E-state index contributed by atoms with van der Waals surface area (Å²) in [6.45, 7) is 5.75. The van der Waals surface area contributed by atoms with Gasteiger partial charge in [0.15, 0.2) is 0 Å². The van der Waals surface area contributed by atoms with Crippen molar-refractivity contribution in [3.05, 3.63) is 24.3 Å². The molecule has 1 aromatic rings. The van der Waals surface area contributed by atoms with E-state index in [0.29, 0.717) is 5.75 Å². The molecule has 1 aliphatic heterocycles. The van der Waals surface area contributed by atoms with Gasteiger partial charge in [-0.3, -0.25) is 4.90 Å². The van der Waals surface area contributed by atoms with Gasteiger partial charge in [0, 0.05) is 39.8 Å². The van der Waals surface area contributed by atoms with Gasteiger partial charge in [0.05, 0.1) is 12.3 Å². The van der Waals surface area contributed by atoms with Crippen LogP contribution in [0.2, 0.25) is 0 Å². The van der Waals surface area contributed by atoms with Crippen molar-refractivity contribution < 1.29 is 9.84 Å². The summed E-state index contributed by atoms with van der Waals surface area (Å²) >= 11 is 0. The number of hydrogen-bond donors (Lipinski definition) is 1. The molecule has 0 saturated carbocycles. The van der Waals surface area contributed by atoms with E-state index in [-0.39, 0.29) is 0 Å². The third kappa shape index (κ3) is 3.11. The number of ether oxygens (including phenoxy) is 1. The summed E-state index contributed by atoms with van der Waals surface area (Å²) in [5, 5.41) is 9.79. The Morgan fingerprint density at radius 1 is 1.18 bits per heavy atom. The van der Waals surface area contributed by atoms with E-state index in [4.69, 9.17) is 4.74 Å². The van der Waals surface area contributed by atoms with Crippen molar-refractivity contribution in [3.63, 3.8) is 0 Å². The minimum absolute atomic E-state index is 0.373. The Hall–Kier alpha value is -1.26. The Morgan fingerprint density at radius 3 is 2.53 bits per heavy atom. The summed E-state index contributed by atoms with van der Waals surface area (Å²) < 4.78 is 5.08. The molecular formula is C13H20N2O2. The van der Waals surface area contributed by atoms with Gasteiger partial charge in [0.1, 0.15) is 5.75 Å². The summed E-state index contributed by atoms with van der Waals surface area (Å²) in [5.74, 6) is 0.373. The zero-order valence-electron chi connectivity index (χ0n) is 10.3. The predicted molar refractivity (Wildman–Crippen MR) is 68.6 cm³/mol. The highest BCUT2D eigenvalue weighted by Gasteiger charge is 2.18. The molecule has 4 nitrogen and oxygen atoms in total. The third-order valence-corrected chi connectivity index (χ3v) is 3.21. The number of phenolic OH excluding ortho intramolecular Hbond substituents is 1. The van der Waals surface area contributed by atoms with E-state index in [1.807, 2.05) is 18.2 Å². The summed E-state index contributed by atoms with van der Waals surface area (Å²) in [7, 11) is 1.73. The second-order valence-corrected chi connectivity index (χ2v) is 4.31.